The highest BCUT2D eigenvalue weighted by atomic mass is 35.5. The first-order chi connectivity index (χ1) is 17.0. The molecular weight excluding hydrogens is 503 g/mol. The number of carbonyl (C=O) groups excluding carboxylic acids is 1. The number of aliphatic hydroxyl groups is 1. The van der Waals surface area contributed by atoms with E-state index >= 15 is 0 Å². The number of carbonyl (C=O) groups is 1. The van der Waals surface area contributed by atoms with Crippen LogP contribution >= 0.6 is 24.2 Å². The summed E-state index contributed by atoms with van der Waals surface area (Å²) in [5, 5.41) is 18.1. The van der Waals surface area contributed by atoms with Gasteiger partial charge in [0.1, 0.15) is 11.6 Å². The first kappa shape index (κ1) is 26.6. The van der Waals surface area contributed by atoms with Crippen LogP contribution in [-0.4, -0.2) is 59.4 Å². The highest BCUT2D eigenvalue weighted by Gasteiger charge is 2.24. The number of likely N-dealkylation sites (tertiary alicyclic amines) is 1. The summed E-state index contributed by atoms with van der Waals surface area (Å²) >= 11 is 1.57. The molecule has 2 aromatic carbocycles. The van der Waals surface area contributed by atoms with E-state index in [0.29, 0.717) is 35.0 Å². The lowest BCUT2D eigenvalue weighted by Crippen LogP contribution is -2.43. The van der Waals surface area contributed by atoms with Crippen molar-refractivity contribution in [2.45, 2.75) is 36.4 Å². The summed E-state index contributed by atoms with van der Waals surface area (Å²) in [4.78, 5) is 19.1. The van der Waals surface area contributed by atoms with Crippen LogP contribution in [0.25, 0.3) is 10.9 Å². The number of β-amino-alcohol motifs (C(OH)–C–C–N with tert-alkyl or cyclic N) is 1. The number of benzene rings is 2. The Bertz CT molecular complexity index is 1240. The number of amides is 1. The molecule has 3 heterocycles. The maximum Gasteiger partial charge on any atom is 0.234 e. The number of aromatic nitrogens is 1. The number of ether oxygens (including phenoxy) is 1. The van der Waals surface area contributed by atoms with Gasteiger partial charge in [0, 0.05) is 35.0 Å². The number of hydrogen-bond donors (Lipinski definition) is 3. The quantitative estimate of drug-likeness (QED) is 0.421. The third-order valence-corrected chi connectivity index (χ3v) is 7.77. The molecule has 36 heavy (non-hydrogen) atoms. The number of piperidine rings is 1. The van der Waals surface area contributed by atoms with Crippen molar-refractivity contribution in [3.8, 4) is 5.75 Å². The monoisotopic (exact) mass is 532 g/mol. The van der Waals surface area contributed by atoms with Crippen molar-refractivity contribution >= 4 is 46.7 Å². The van der Waals surface area contributed by atoms with Gasteiger partial charge in [-0.15, -0.1) is 24.2 Å². The van der Waals surface area contributed by atoms with Gasteiger partial charge in [-0.3, -0.25) is 9.78 Å². The predicted molar refractivity (Wildman–Crippen MR) is 143 cm³/mol. The van der Waals surface area contributed by atoms with Crippen molar-refractivity contribution in [1.29, 1.82) is 0 Å². The summed E-state index contributed by atoms with van der Waals surface area (Å²) in [7, 11) is 1.56. The molecule has 10 heteroatoms. The molecule has 0 aliphatic carbocycles. The molecule has 1 atom stereocenters. The van der Waals surface area contributed by atoms with Gasteiger partial charge >= 0.3 is 0 Å². The Kier molecular flexibility index (Phi) is 8.69. The molecule has 0 spiro atoms. The zero-order chi connectivity index (χ0) is 24.4. The van der Waals surface area contributed by atoms with Crippen LogP contribution in [0.15, 0.2) is 47.5 Å². The molecule has 192 valence electrons. The lowest BCUT2D eigenvalue weighted by atomic mass is 10.0. The average Bonchev–Trinajstić information content (AvgIpc) is 2.87. The zero-order valence-electron chi connectivity index (χ0n) is 20.0. The number of nitrogens with zero attached hydrogens (tertiary/aromatic N) is 2. The van der Waals surface area contributed by atoms with E-state index in [0.717, 1.165) is 48.6 Å². The number of fused-ring (bicyclic) bond motifs is 2. The van der Waals surface area contributed by atoms with Crippen LogP contribution in [0, 0.1) is 5.82 Å². The molecule has 5 rings (SSSR count). The molecule has 0 unspecified atom stereocenters. The number of aliphatic hydroxyl groups excluding tert-OH is 1. The van der Waals surface area contributed by atoms with Gasteiger partial charge < -0.3 is 25.4 Å². The second-order valence-electron chi connectivity index (χ2n) is 9.04. The summed E-state index contributed by atoms with van der Waals surface area (Å²) in [6, 6.07) is 11.9. The maximum absolute atomic E-state index is 14.7. The summed E-state index contributed by atoms with van der Waals surface area (Å²) in [5.74, 6) is 0.608. The summed E-state index contributed by atoms with van der Waals surface area (Å²) in [6.45, 7) is 2.73. The highest BCUT2D eigenvalue weighted by molar-refractivity contribution is 8.00. The Morgan fingerprint density at radius 2 is 2.08 bits per heavy atom. The van der Waals surface area contributed by atoms with E-state index < -0.39 is 11.9 Å². The van der Waals surface area contributed by atoms with E-state index in [9.17, 15) is 14.3 Å². The normalized spacial score (nSPS) is 17.2. The largest absolute Gasteiger partial charge is 0.497 e. The average molecular weight is 533 g/mol. The predicted octanol–water partition coefficient (Wildman–Crippen LogP) is 4.14. The number of thioether (sulfide) groups is 1. The van der Waals surface area contributed by atoms with Gasteiger partial charge in [0.2, 0.25) is 5.91 Å². The second kappa shape index (κ2) is 11.7. The van der Waals surface area contributed by atoms with Gasteiger partial charge in [-0.05, 0) is 61.8 Å². The van der Waals surface area contributed by atoms with Crippen LogP contribution in [-0.2, 0) is 11.3 Å². The van der Waals surface area contributed by atoms with E-state index in [1.165, 1.54) is 6.20 Å². The first-order valence-electron chi connectivity index (χ1n) is 11.8. The lowest BCUT2D eigenvalue weighted by Gasteiger charge is -2.34. The van der Waals surface area contributed by atoms with Crippen LogP contribution < -0.4 is 15.4 Å². The van der Waals surface area contributed by atoms with Gasteiger partial charge in [0.25, 0.3) is 0 Å². The molecule has 2 aliphatic rings. The second-order valence-corrected chi connectivity index (χ2v) is 10.1. The van der Waals surface area contributed by atoms with E-state index in [2.05, 4.69) is 32.7 Å². The standard InChI is InChI=1S/C26H29FN4O3S.ClH/c1-34-18-3-4-21-19(11-18)26(20(27)13-29-21)23(32)14-31-8-6-17(7-9-31)28-12-16-2-5-24-22(10-16)30-25(33)15-35-24;/h2-5,10-11,13,17,23,28,32H,6-9,12,14-15H2,1H3,(H,30,33);1H/t23-;/m1./s1. The minimum absolute atomic E-state index is 0. The SMILES string of the molecule is COc1ccc2ncc(F)c([C@H](O)CN3CCC(NCc4ccc5c(c4)NC(=O)CS5)CC3)c2c1.Cl. The van der Waals surface area contributed by atoms with Gasteiger partial charge in [-0.1, -0.05) is 6.07 Å². The fourth-order valence-electron chi connectivity index (χ4n) is 4.79. The number of halogens is 2. The highest BCUT2D eigenvalue weighted by Crippen LogP contribution is 2.32. The number of methoxy groups -OCH3 is 1. The Labute approximate surface area is 220 Å². The molecule has 0 saturated carbocycles. The smallest absolute Gasteiger partial charge is 0.234 e. The molecule has 1 amide bonds. The Balaban J connectivity index is 0.00000304. The van der Waals surface area contributed by atoms with Crippen molar-refractivity contribution < 1.29 is 19.0 Å². The molecule has 1 aromatic heterocycles. The van der Waals surface area contributed by atoms with Crippen molar-refractivity contribution in [2.75, 3.05) is 37.8 Å². The maximum atomic E-state index is 14.7. The molecule has 3 N–H and O–H groups in total. The summed E-state index contributed by atoms with van der Waals surface area (Å²) in [5.41, 5.74) is 2.93. The lowest BCUT2D eigenvalue weighted by molar-refractivity contribution is -0.113. The molecule has 1 saturated heterocycles. The minimum atomic E-state index is -0.958. The molecule has 0 radical (unpaired) electrons. The molecule has 7 nitrogen and oxygen atoms in total. The number of nitrogens with one attached hydrogen (secondary N) is 2. The Hall–Kier alpha value is -2.43. The van der Waals surface area contributed by atoms with Crippen LogP contribution in [0.3, 0.4) is 0 Å². The van der Waals surface area contributed by atoms with Gasteiger partial charge in [-0.25, -0.2) is 4.39 Å². The van der Waals surface area contributed by atoms with Crippen molar-refractivity contribution in [3.63, 3.8) is 0 Å². The van der Waals surface area contributed by atoms with Crippen LogP contribution in [0.1, 0.15) is 30.1 Å². The number of anilines is 1. The molecule has 3 aromatic rings. The van der Waals surface area contributed by atoms with E-state index in [1.807, 2.05) is 6.07 Å². The number of hydrogen-bond acceptors (Lipinski definition) is 7. The molecule has 0 bridgehead atoms. The van der Waals surface area contributed by atoms with E-state index in [-0.39, 0.29) is 23.9 Å². The van der Waals surface area contributed by atoms with Gasteiger partial charge in [0.15, 0.2) is 0 Å². The number of rotatable bonds is 7. The fourth-order valence-corrected chi connectivity index (χ4v) is 5.58. The molecule has 1 fully saturated rings. The Morgan fingerprint density at radius 1 is 1.28 bits per heavy atom. The Morgan fingerprint density at radius 3 is 2.86 bits per heavy atom. The summed E-state index contributed by atoms with van der Waals surface area (Å²) in [6.07, 6.45) is 2.10. The van der Waals surface area contributed by atoms with Gasteiger partial charge in [-0.2, -0.15) is 0 Å². The van der Waals surface area contributed by atoms with E-state index in [1.54, 1.807) is 37.1 Å². The van der Waals surface area contributed by atoms with Crippen LogP contribution in [0.5, 0.6) is 5.75 Å². The third-order valence-electron chi connectivity index (χ3n) is 6.69. The first-order valence-corrected chi connectivity index (χ1v) is 12.8. The minimum Gasteiger partial charge on any atom is -0.497 e. The summed E-state index contributed by atoms with van der Waals surface area (Å²) < 4.78 is 20.0. The molecular formula is C26H30ClFN4O3S. The fraction of sp³-hybridized carbons (Fsp3) is 0.385. The van der Waals surface area contributed by atoms with Crippen molar-refractivity contribution in [3.05, 3.63) is 59.5 Å². The van der Waals surface area contributed by atoms with Crippen LogP contribution in [0.4, 0.5) is 10.1 Å². The van der Waals surface area contributed by atoms with E-state index in [4.69, 9.17) is 4.74 Å². The van der Waals surface area contributed by atoms with Crippen molar-refractivity contribution in [1.82, 2.24) is 15.2 Å². The number of pyridine rings is 1. The van der Waals surface area contributed by atoms with Crippen molar-refractivity contribution in [2.24, 2.45) is 0 Å². The topological polar surface area (TPSA) is 86.7 Å². The third kappa shape index (κ3) is 5.92. The zero-order valence-corrected chi connectivity index (χ0v) is 21.6. The molecule has 2 aliphatic heterocycles. The van der Waals surface area contributed by atoms with Gasteiger partial charge in [0.05, 0.1) is 36.4 Å². The van der Waals surface area contributed by atoms with Crippen LogP contribution in [0.2, 0.25) is 0 Å².